The van der Waals surface area contributed by atoms with Crippen molar-refractivity contribution in [2.45, 2.75) is 17.6 Å². The molecule has 0 bridgehead atoms. The first-order chi connectivity index (χ1) is 5.69. The monoisotopic (exact) mass is 199 g/mol. The van der Waals surface area contributed by atoms with Gasteiger partial charge in [-0.15, -0.1) is 11.8 Å². The SMILES string of the molecule is CSc1cc(C)c(N)c(CS)c1. The smallest absolute Gasteiger partial charge is 0.0385 e. The van der Waals surface area contributed by atoms with Crippen LogP contribution in [0.15, 0.2) is 17.0 Å². The summed E-state index contributed by atoms with van der Waals surface area (Å²) in [6.07, 6.45) is 2.06. The number of benzene rings is 1. The van der Waals surface area contributed by atoms with E-state index < -0.39 is 0 Å². The van der Waals surface area contributed by atoms with E-state index in [0.29, 0.717) is 5.75 Å². The lowest BCUT2D eigenvalue weighted by Gasteiger charge is -2.08. The first kappa shape index (κ1) is 9.81. The zero-order chi connectivity index (χ0) is 9.14. The number of aryl methyl sites for hydroxylation is 1. The van der Waals surface area contributed by atoms with E-state index in [1.807, 2.05) is 6.92 Å². The summed E-state index contributed by atoms with van der Waals surface area (Å²) in [5, 5.41) is 0. The second kappa shape index (κ2) is 4.10. The summed E-state index contributed by atoms with van der Waals surface area (Å²) < 4.78 is 0. The molecule has 0 aliphatic rings. The van der Waals surface area contributed by atoms with Crippen LogP contribution in [0, 0.1) is 6.92 Å². The Bertz CT molecular complexity index is 284. The Hall–Kier alpha value is -0.280. The van der Waals surface area contributed by atoms with Gasteiger partial charge in [0.25, 0.3) is 0 Å². The van der Waals surface area contributed by atoms with Crippen LogP contribution in [0.1, 0.15) is 11.1 Å². The van der Waals surface area contributed by atoms with E-state index in [4.69, 9.17) is 5.73 Å². The van der Waals surface area contributed by atoms with Gasteiger partial charge < -0.3 is 5.73 Å². The summed E-state index contributed by atoms with van der Waals surface area (Å²) in [7, 11) is 0. The van der Waals surface area contributed by atoms with Crippen LogP contribution in [-0.4, -0.2) is 6.26 Å². The van der Waals surface area contributed by atoms with Crippen molar-refractivity contribution in [2.24, 2.45) is 0 Å². The second-order valence-corrected chi connectivity index (χ2v) is 3.87. The fourth-order valence-corrected chi connectivity index (χ4v) is 1.90. The molecule has 0 spiro atoms. The van der Waals surface area contributed by atoms with Crippen LogP contribution in [0.25, 0.3) is 0 Å². The highest BCUT2D eigenvalue weighted by atomic mass is 32.2. The highest BCUT2D eigenvalue weighted by Crippen LogP contribution is 2.25. The number of nitrogens with two attached hydrogens (primary N) is 1. The van der Waals surface area contributed by atoms with Gasteiger partial charge >= 0.3 is 0 Å². The molecule has 66 valence electrons. The number of anilines is 1. The van der Waals surface area contributed by atoms with Crippen molar-refractivity contribution in [3.8, 4) is 0 Å². The van der Waals surface area contributed by atoms with E-state index in [1.54, 1.807) is 11.8 Å². The Balaban J connectivity index is 3.19. The van der Waals surface area contributed by atoms with Crippen molar-refractivity contribution < 1.29 is 0 Å². The Labute approximate surface area is 83.1 Å². The van der Waals surface area contributed by atoms with Gasteiger partial charge in [-0.2, -0.15) is 12.6 Å². The molecule has 1 aromatic rings. The molecule has 2 N–H and O–H groups in total. The van der Waals surface area contributed by atoms with Gasteiger partial charge in [0.1, 0.15) is 0 Å². The van der Waals surface area contributed by atoms with Crippen LogP contribution in [0.4, 0.5) is 5.69 Å². The van der Waals surface area contributed by atoms with Crippen molar-refractivity contribution in [1.82, 2.24) is 0 Å². The lowest BCUT2D eigenvalue weighted by atomic mass is 10.1. The fraction of sp³-hybridized carbons (Fsp3) is 0.333. The predicted octanol–water partition coefficient (Wildman–Crippen LogP) is 2.73. The zero-order valence-electron chi connectivity index (χ0n) is 7.29. The maximum Gasteiger partial charge on any atom is 0.0385 e. The molecule has 0 amide bonds. The molecule has 12 heavy (non-hydrogen) atoms. The summed E-state index contributed by atoms with van der Waals surface area (Å²) >= 11 is 5.96. The third-order valence-electron chi connectivity index (χ3n) is 1.85. The Kier molecular flexibility index (Phi) is 3.35. The lowest BCUT2D eigenvalue weighted by molar-refractivity contribution is 1.29. The number of hydrogen-bond acceptors (Lipinski definition) is 3. The topological polar surface area (TPSA) is 26.0 Å². The molecule has 3 heteroatoms. The van der Waals surface area contributed by atoms with Crippen molar-refractivity contribution in [3.63, 3.8) is 0 Å². The standard InChI is InChI=1S/C9H13NS2/c1-6-3-8(12-2)4-7(5-11)9(6)10/h3-4,11H,5,10H2,1-2H3. The zero-order valence-corrected chi connectivity index (χ0v) is 9.01. The number of nitrogen functional groups attached to an aromatic ring is 1. The fourth-order valence-electron chi connectivity index (χ4n) is 1.08. The van der Waals surface area contributed by atoms with Crippen LogP contribution in [0.3, 0.4) is 0 Å². The molecule has 0 aliphatic heterocycles. The summed E-state index contributed by atoms with van der Waals surface area (Å²) in [5.41, 5.74) is 9.01. The average Bonchev–Trinajstić information content (AvgIpc) is 2.09. The normalized spacial score (nSPS) is 10.2. The molecule has 0 unspecified atom stereocenters. The van der Waals surface area contributed by atoms with Crippen LogP contribution in [0.5, 0.6) is 0 Å². The molecule has 0 saturated heterocycles. The van der Waals surface area contributed by atoms with E-state index in [0.717, 1.165) is 16.8 Å². The highest BCUT2D eigenvalue weighted by Gasteiger charge is 2.02. The van der Waals surface area contributed by atoms with Crippen molar-refractivity contribution >= 4 is 30.1 Å². The van der Waals surface area contributed by atoms with Gasteiger partial charge in [0.15, 0.2) is 0 Å². The summed E-state index contributed by atoms with van der Waals surface area (Å²) in [6, 6.07) is 4.20. The first-order valence-corrected chi connectivity index (χ1v) is 5.58. The number of rotatable bonds is 2. The molecular formula is C9H13NS2. The largest absolute Gasteiger partial charge is 0.398 e. The molecule has 0 aliphatic carbocycles. The first-order valence-electron chi connectivity index (χ1n) is 3.73. The van der Waals surface area contributed by atoms with Crippen LogP contribution in [-0.2, 0) is 5.75 Å². The molecule has 1 nitrogen and oxygen atoms in total. The summed E-state index contributed by atoms with van der Waals surface area (Å²) in [4.78, 5) is 1.26. The van der Waals surface area contributed by atoms with E-state index in [1.165, 1.54) is 4.90 Å². The number of thiol groups is 1. The quantitative estimate of drug-likeness (QED) is 0.435. The Morgan fingerprint density at radius 1 is 1.50 bits per heavy atom. The van der Waals surface area contributed by atoms with Crippen LogP contribution < -0.4 is 5.73 Å². The molecule has 0 aromatic heterocycles. The highest BCUT2D eigenvalue weighted by molar-refractivity contribution is 7.98. The van der Waals surface area contributed by atoms with Crippen molar-refractivity contribution in [1.29, 1.82) is 0 Å². The van der Waals surface area contributed by atoms with E-state index in [9.17, 15) is 0 Å². The molecule has 0 heterocycles. The van der Waals surface area contributed by atoms with Gasteiger partial charge in [0.2, 0.25) is 0 Å². The van der Waals surface area contributed by atoms with Gasteiger partial charge in [-0.1, -0.05) is 0 Å². The second-order valence-electron chi connectivity index (χ2n) is 2.68. The average molecular weight is 199 g/mol. The third-order valence-corrected chi connectivity index (χ3v) is 2.90. The minimum absolute atomic E-state index is 0.709. The van der Waals surface area contributed by atoms with Gasteiger partial charge in [0.05, 0.1) is 0 Å². The van der Waals surface area contributed by atoms with E-state index >= 15 is 0 Å². The minimum atomic E-state index is 0.709. The predicted molar refractivity (Wildman–Crippen MR) is 60.1 cm³/mol. The molecule has 1 aromatic carbocycles. The van der Waals surface area contributed by atoms with Crippen molar-refractivity contribution in [2.75, 3.05) is 12.0 Å². The van der Waals surface area contributed by atoms with Gasteiger partial charge in [-0.3, -0.25) is 0 Å². The van der Waals surface area contributed by atoms with E-state index in [2.05, 4.69) is 31.0 Å². The number of hydrogen-bond donors (Lipinski definition) is 2. The third kappa shape index (κ3) is 1.90. The van der Waals surface area contributed by atoms with Gasteiger partial charge in [0, 0.05) is 16.3 Å². The van der Waals surface area contributed by atoms with Crippen LogP contribution >= 0.6 is 24.4 Å². The van der Waals surface area contributed by atoms with E-state index in [-0.39, 0.29) is 0 Å². The minimum Gasteiger partial charge on any atom is -0.398 e. The molecular weight excluding hydrogens is 186 g/mol. The lowest BCUT2D eigenvalue weighted by Crippen LogP contribution is -1.95. The Morgan fingerprint density at radius 3 is 2.67 bits per heavy atom. The van der Waals surface area contributed by atoms with Crippen molar-refractivity contribution in [3.05, 3.63) is 23.3 Å². The van der Waals surface area contributed by atoms with Crippen LogP contribution in [0.2, 0.25) is 0 Å². The summed E-state index contributed by atoms with van der Waals surface area (Å²) in [5.74, 6) is 0.709. The Morgan fingerprint density at radius 2 is 2.17 bits per heavy atom. The molecule has 0 saturated carbocycles. The summed E-state index contributed by atoms with van der Waals surface area (Å²) in [6.45, 7) is 2.03. The van der Waals surface area contributed by atoms with Gasteiger partial charge in [-0.05, 0) is 36.4 Å². The maximum atomic E-state index is 5.86. The number of thioether (sulfide) groups is 1. The maximum absolute atomic E-state index is 5.86. The molecule has 1 rings (SSSR count). The molecule has 0 atom stereocenters. The van der Waals surface area contributed by atoms with Gasteiger partial charge in [-0.25, -0.2) is 0 Å². The molecule has 0 fully saturated rings. The molecule has 0 radical (unpaired) electrons.